The van der Waals surface area contributed by atoms with E-state index in [-0.39, 0.29) is 12.1 Å². The molecule has 0 saturated heterocycles. The first-order valence-corrected chi connectivity index (χ1v) is 5.78. The fourth-order valence-corrected chi connectivity index (χ4v) is 1.78. The molecule has 1 heterocycles. The van der Waals surface area contributed by atoms with E-state index in [4.69, 9.17) is 0 Å². The number of hydrogen-bond donors (Lipinski definition) is 1. The summed E-state index contributed by atoms with van der Waals surface area (Å²) in [5.74, 6) is 0.161. The van der Waals surface area contributed by atoms with Crippen molar-refractivity contribution in [1.82, 2.24) is 20.3 Å². The number of carbonyl (C=O) groups is 1. The molecule has 6 heteroatoms. The molecular weight excluding hydrogens is 232 g/mol. The lowest BCUT2D eigenvalue weighted by atomic mass is 10.1. The van der Waals surface area contributed by atoms with Crippen LogP contribution in [-0.4, -0.2) is 28.2 Å². The summed E-state index contributed by atoms with van der Waals surface area (Å²) in [6.45, 7) is 3.99. The lowest BCUT2D eigenvalue weighted by molar-refractivity contribution is 0.153. The molecule has 2 rings (SSSR count). The van der Waals surface area contributed by atoms with E-state index in [9.17, 15) is 4.79 Å². The number of alkyl carbamates (subject to hydrolysis) is 1. The van der Waals surface area contributed by atoms with Gasteiger partial charge in [-0.25, -0.2) is 9.48 Å². The topological polar surface area (TPSA) is 69.0 Å². The molecule has 0 radical (unpaired) electrons. The van der Waals surface area contributed by atoms with Gasteiger partial charge >= 0.3 is 6.09 Å². The van der Waals surface area contributed by atoms with Crippen LogP contribution in [0.5, 0.6) is 0 Å². The Kier molecular flexibility index (Phi) is 3.45. The highest BCUT2D eigenvalue weighted by Gasteiger charge is 2.21. The molecule has 0 aliphatic rings. The minimum absolute atomic E-state index is 0.161. The van der Waals surface area contributed by atoms with Gasteiger partial charge in [-0.1, -0.05) is 31.2 Å². The van der Waals surface area contributed by atoms with Crippen molar-refractivity contribution in [2.45, 2.75) is 20.0 Å². The van der Waals surface area contributed by atoms with Gasteiger partial charge in [-0.15, -0.1) is 5.10 Å². The summed E-state index contributed by atoms with van der Waals surface area (Å²) < 4.78 is 6.33. The van der Waals surface area contributed by atoms with Crippen LogP contribution in [0.3, 0.4) is 0 Å². The SMILES string of the molecule is COC(=O)NC(C(C)C)n1nnc2ccccc21. The van der Waals surface area contributed by atoms with Gasteiger partial charge in [0.25, 0.3) is 0 Å². The molecule has 6 nitrogen and oxygen atoms in total. The van der Waals surface area contributed by atoms with Crippen LogP contribution in [0.4, 0.5) is 4.79 Å². The molecule has 0 aliphatic carbocycles. The zero-order valence-electron chi connectivity index (χ0n) is 10.6. The predicted octanol–water partition coefficient (Wildman–Crippen LogP) is 1.94. The number of rotatable bonds is 3. The third kappa shape index (κ3) is 2.27. The minimum atomic E-state index is -0.478. The van der Waals surface area contributed by atoms with Gasteiger partial charge in [0.2, 0.25) is 0 Å². The van der Waals surface area contributed by atoms with Crippen molar-refractivity contribution in [2.75, 3.05) is 7.11 Å². The van der Waals surface area contributed by atoms with Crippen LogP contribution in [0, 0.1) is 5.92 Å². The first-order valence-electron chi connectivity index (χ1n) is 5.78. The number of carbonyl (C=O) groups excluding carboxylic acids is 1. The molecule has 1 amide bonds. The summed E-state index contributed by atoms with van der Waals surface area (Å²) in [6, 6.07) is 7.62. The molecule has 18 heavy (non-hydrogen) atoms. The third-order valence-corrected chi connectivity index (χ3v) is 2.72. The second-order valence-electron chi connectivity index (χ2n) is 4.35. The summed E-state index contributed by atoms with van der Waals surface area (Å²) in [7, 11) is 1.34. The van der Waals surface area contributed by atoms with Gasteiger partial charge in [0.15, 0.2) is 0 Å². The van der Waals surface area contributed by atoms with Gasteiger partial charge in [-0.05, 0) is 18.1 Å². The van der Waals surface area contributed by atoms with Crippen molar-refractivity contribution in [3.8, 4) is 0 Å². The maximum Gasteiger partial charge on any atom is 0.408 e. The maximum atomic E-state index is 11.4. The number of aromatic nitrogens is 3. The first kappa shape index (κ1) is 12.3. The monoisotopic (exact) mass is 248 g/mol. The molecule has 1 atom stereocenters. The molecule has 0 fully saturated rings. The van der Waals surface area contributed by atoms with Gasteiger partial charge < -0.3 is 4.74 Å². The lowest BCUT2D eigenvalue weighted by Gasteiger charge is -2.22. The summed E-state index contributed by atoms with van der Waals surface area (Å²) in [4.78, 5) is 11.4. The van der Waals surface area contributed by atoms with Gasteiger partial charge in [0, 0.05) is 0 Å². The number of hydrogen-bond acceptors (Lipinski definition) is 4. The molecule has 0 spiro atoms. The number of ether oxygens (including phenoxy) is 1. The summed E-state index contributed by atoms with van der Waals surface area (Å²) in [6.07, 6.45) is -0.766. The number of nitrogens with zero attached hydrogens (tertiary/aromatic N) is 3. The van der Waals surface area contributed by atoms with Crippen molar-refractivity contribution in [2.24, 2.45) is 5.92 Å². The first-order chi connectivity index (χ1) is 8.63. The standard InChI is InChI=1S/C12H16N4O2/c1-8(2)11(13-12(17)18-3)16-10-7-5-4-6-9(10)14-15-16/h4-8,11H,1-3H3,(H,13,17). The van der Waals surface area contributed by atoms with Crippen molar-refractivity contribution >= 4 is 17.1 Å². The Labute approximate surface area is 105 Å². The number of para-hydroxylation sites is 1. The zero-order chi connectivity index (χ0) is 13.1. The Hall–Kier alpha value is -2.11. The van der Waals surface area contributed by atoms with Crippen LogP contribution < -0.4 is 5.32 Å². The number of methoxy groups -OCH3 is 1. The van der Waals surface area contributed by atoms with Crippen molar-refractivity contribution in [3.05, 3.63) is 24.3 Å². The molecular formula is C12H16N4O2. The van der Waals surface area contributed by atoms with Crippen molar-refractivity contribution in [3.63, 3.8) is 0 Å². The van der Waals surface area contributed by atoms with Crippen LogP contribution in [0.15, 0.2) is 24.3 Å². The molecule has 2 aromatic rings. The quantitative estimate of drug-likeness (QED) is 0.901. The van der Waals surface area contributed by atoms with E-state index < -0.39 is 6.09 Å². The number of amides is 1. The molecule has 0 saturated carbocycles. The molecule has 1 N–H and O–H groups in total. The summed E-state index contributed by atoms with van der Waals surface area (Å²) in [5.41, 5.74) is 1.68. The predicted molar refractivity (Wildman–Crippen MR) is 66.9 cm³/mol. The highest BCUT2D eigenvalue weighted by molar-refractivity contribution is 5.74. The van der Waals surface area contributed by atoms with Crippen LogP contribution in [0.25, 0.3) is 11.0 Å². The molecule has 1 aromatic heterocycles. The zero-order valence-corrected chi connectivity index (χ0v) is 10.6. The fourth-order valence-electron chi connectivity index (χ4n) is 1.78. The van der Waals surface area contributed by atoms with Crippen molar-refractivity contribution < 1.29 is 9.53 Å². The van der Waals surface area contributed by atoms with Crippen LogP contribution >= 0.6 is 0 Å². The lowest BCUT2D eigenvalue weighted by Crippen LogP contribution is -2.36. The normalized spacial score (nSPS) is 12.7. The van der Waals surface area contributed by atoms with Gasteiger partial charge in [0.1, 0.15) is 11.7 Å². The Morgan fingerprint density at radius 1 is 1.39 bits per heavy atom. The molecule has 0 aliphatic heterocycles. The number of benzene rings is 1. The van der Waals surface area contributed by atoms with E-state index in [1.54, 1.807) is 4.68 Å². The van der Waals surface area contributed by atoms with Crippen molar-refractivity contribution in [1.29, 1.82) is 0 Å². The highest BCUT2D eigenvalue weighted by atomic mass is 16.5. The minimum Gasteiger partial charge on any atom is -0.453 e. The highest BCUT2D eigenvalue weighted by Crippen LogP contribution is 2.19. The van der Waals surface area contributed by atoms with Crippen LogP contribution in [0.2, 0.25) is 0 Å². The van der Waals surface area contributed by atoms with E-state index in [0.29, 0.717) is 0 Å². The second-order valence-corrected chi connectivity index (χ2v) is 4.35. The Balaban J connectivity index is 2.39. The van der Waals surface area contributed by atoms with E-state index in [0.717, 1.165) is 11.0 Å². The van der Waals surface area contributed by atoms with Crippen LogP contribution in [0.1, 0.15) is 20.0 Å². The summed E-state index contributed by atoms with van der Waals surface area (Å²) >= 11 is 0. The Morgan fingerprint density at radius 2 is 2.11 bits per heavy atom. The fraction of sp³-hybridized carbons (Fsp3) is 0.417. The molecule has 96 valence electrons. The molecule has 1 aromatic carbocycles. The van der Waals surface area contributed by atoms with E-state index in [2.05, 4.69) is 20.4 Å². The van der Waals surface area contributed by atoms with E-state index in [1.165, 1.54) is 7.11 Å². The smallest absolute Gasteiger partial charge is 0.408 e. The number of nitrogens with one attached hydrogen (secondary N) is 1. The van der Waals surface area contributed by atoms with E-state index >= 15 is 0 Å². The Morgan fingerprint density at radius 3 is 2.78 bits per heavy atom. The summed E-state index contributed by atoms with van der Waals surface area (Å²) in [5, 5.41) is 10.9. The second kappa shape index (κ2) is 5.03. The van der Waals surface area contributed by atoms with Gasteiger partial charge in [-0.2, -0.15) is 0 Å². The van der Waals surface area contributed by atoms with Gasteiger partial charge in [-0.3, -0.25) is 5.32 Å². The average Bonchev–Trinajstić information content (AvgIpc) is 2.79. The maximum absolute atomic E-state index is 11.4. The largest absolute Gasteiger partial charge is 0.453 e. The Bertz CT molecular complexity index is 550. The number of fused-ring (bicyclic) bond motifs is 1. The average molecular weight is 248 g/mol. The van der Waals surface area contributed by atoms with E-state index in [1.807, 2.05) is 38.1 Å². The molecule has 1 unspecified atom stereocenters. The van der Waals surface area contributed by atoms with Crippen LogP contribution in [-0.2, 0) is 4.74 Å². The third-order valence-electron chi connectivity index (χ3n) is 2.72. The molecule has 0 bridgehead atoms. The van der Waals surface area contributed by atoms with Gasteiger partial charge in [0.05, 0.1) is 12.6 Å².